The van der Waals surface area contributed by atoms with E-state index in [2.05, 4.69) is 150 Å². The van der Waals surface area contributed by atoms with E-state index in [4.69, 9.17) is 9.47 Å². The van der Waals surface area contributed by atoms with Crippen LogP contribution >= 0.6 is 0 Å². The van der Waals surface area contributed by atoms with E-state index in [9.17, 15) is 9.59 Å². The molecule has 24 nitrogen and oxygen atoms in total. The second-order valence-corrected chi connectivity index (χ2v) is 24.9. The van der Waals surface area contributed by atoms with Crippen molar-refractivity contribution in [2.45, 2.75) is 13.8 Å². The van der Waals surface area contributed by atoms with Gasteiger partial charge in [0, 0.05) is 44.8 Å². The van der Waals surface area contributed by atoms with E-state index in [0.717, 1.165) is 118 Å². The Bertz CT molecular complexity index is 6250. The van der Waals surface area contributed by atoms with Gasteiger partial charge in [0.2, 0.25) is 0 Å². The lowest BCUT2D eigenvalue weighted by Crippen LogP contribution is -1.98. The largest absolute Gasteiger partial charge is 0.495 e. The number of hydrogen-bond donors (Lipinski definition) is 8. The molecule has 0 aliphatic carbocycles. The van der Waals surface area contributed by atoms with Crippen LogP contribution < -0.4 is 30.7 Å². The van der Waals surface area contributed by atoms with Crippen LogP contribution in [0, 0.1) is 0 Å². The fourth-order valence-electron chi connectivity index (χ4n) is 12.5. The zero-order valence-corrected chi connectivity index (χ0v) is 59.7. The van der Waals surface area contributed by atoms with Crippen molar-refractivity contribution in [3.05, 3.63) is 303 Å². The molecule has 0 unspecified atom stereocenters. The molecule has 0 fully saturated rings. The summed E-state index contributed by atoms with van der Waals surface area (Å²) in [5, 5.41) is 46.2. The van der Waals surface area contributed by atoms with Crippen molar-refractivity contribution >= 4 is 102 Å². The zero-order valence-electron chi connectivity index (χ0n) is 59.7. The van der Waals surface area contributed by atoms with Gasteiger partial charge in [0.1, 0.15) is 60.1 Å². The highest BCUT2D eigenvalue weighted by molar-refractivity contribution is 6.05. The maximum Gasteiger partial charge on any atom is 0.186 e. The van der Waals surface area contributed by atoms with Gasteiger partial charge in [-0.15, -0.1) is 0 Å². The summed E-state index contributed by atoms with van der Waals surface area (Å²) in [7, 11) is 3.26. The third kappa shape index (κ3) is 15.7. The number of carbonyl (C=O) groups excluding carboxylic acids is 2. The second kappa shape index (κ2) is 32.7. The topological polar surface area (TPSA) is 319 Å². The monoisotopic (exact) mass is 1440 g/mol. The van der Waals surface area contributed by atoms with Gasteiger partial charge in [0.15, 0.2) is 34.2 Å². The molecule has 18 rings (SSSR count). The number of anilines is 8. The van der Waals surface area contributed by atoms with Crippen molar-refractivity contribution in [1.82, 2.24) is 80.7 Å². The fraction of sp³-hybridized carbons (Fsp3) is 0.0465. The SMILES string of the molecule is CC(=O)c1cccc(-c2[nH]nc3ncnc(Nc4cccc(-c5ccccc5)c4)c23)c1.COc1ccccc1Nc1ncnc2n[nH]c(-c3cccc(C(C)=O)c3)c12.COc1ccccc1Nc1ncnc2n[nH]c(-c3ccccc3)c12.c1ccc(-c2cccc(Nc3ncnc4n[nH]c(-c5ccccc5)c34)c2)cc1. The smallest absolute Gasteiger partial charge is 0.186 e. The first-order valence-corrected chi connectivity index (χ1v) is 34.9. The number of H-pyrrole nitrogens is 4. The van der Waals surface area contributed by atoms with E-state index in [1.165, 1.54) is 30.9 Å². The minimum Gasteiger partial charge on any atom is -0.495 e. The standard InChI is InChI=1S/C25H19N5O.C23H17N5.C20H17N5O2.C18H15N5O/c1-16(31)18-9-5-11-20(13-18)23-22-24(26-15-27-25(22)30-29-23)28-21-12-6-10-19(14-21)17-7-3-2-4-8-17;1-3-8-16(9-4-1)18-12-7-13-19(14-18)26-22-20-21(17-10-5-2-6-11-17)27-28-23(20)25-15-24-22;1-12(26)13-6-5-7-14(10-13)18-17-19(21-11-22-20(17)25-24-18)23-15-8-3-4-9-16(15)27-2;1-24-14-10-6-5-9-13(14)21-17-15-16(12-7-3-2-4-8-12)22-23-18(15)20-11-19-17/h2-15H,1H3,(H2,26,27,28,29,30);1-15H,(H2,24,25,26,27,28);3-11H,1-2H3,(H2,21,22,23,24,25);2-11H,1H3,(H2,19,20,21,22,23). The Morgan fingerprint density at radius 2 is 0.564 bits per heavy atom. The maximum absolute atomic E-state index is 11.8. The molecule has 110 heavy (non-hydrogen) atoms. The van der Waals surface area contributed by atoms with Crippen LogP contribution in [0.2, 0.25) is 0 Å². The van der Waals surface area contributed by atoms with Crippen molar-refractivity contribution in [2.75, 3.05) is 35.5 Å². The fourth-order valence-corrected chi connectivity index (χ4v) is 12.5. The number of aromatic nitrogens is 16. The molecule has 0 aliphatic rings. The Morgan fingerprint density at radius 3 is 0.900 bits per heavy atom. The second-order valence-electron chi connectivity index (χ2n) is 24.9. The number of carbonyl (C=O) groups is 2. The Kier molecular flexibility index (Phi) is 20.9. The van der Waals surface area contributed by atoms with E-state index in [0.29, 0.717) is 56.9 Å². The highest BCUT2D eigenvalue weighted by atomic mass is 16.5. The molecule has 18 aromatic rings. The summed E-state index contributed by atoms with van der Waals surface area (Å²) < 4.78 is 10.8. The average Bonchev–Trinajstić information content (AvgIpc) is 1.76. The number of ketones is 2. The quantitative estimate of drug-likeness (QED) is 0.0370. The number of ether oxygens (including phenoxy) is 2. The minimum absolute atomic E-state index is 0.00397. The van der Waals surface area contributed by atoms with Crippen molar-refractivity contribution in [3.8, 4) is 78.8 Å². The highest BCUT2D eigenvalue weighted by Crippen LogP contribution is 2.39. The number of methoxy groups -OCH3 is 2. The Labute approximate surface area is 629 Å². The van der Waals surface area contributed by atoms with E-state index in [-0.39, 0.29) is 11.6 Å². The Hall–Kier alpha value is -15.5. The third-order valence-corrected chi connectivity index (χ3v) is 17.8. The summed E-state index contributed by atoms with van der Waals surface area (Å²) in [5.74, 6) is 4.11. The van der Waals surface area contributed by atoms with Gasteiger partial charge in [-0.2, -0.15) is 20.4 Å². The summed E-state index contributed by atoms with van der Waals surface area (Å²) in [6.07, 6.45) is 5.97. The third-order valence-electron chi connectivity index (χ3n) is 17.8. The molecule has 0 saturated carbocycles. The van der Waals surface area contributed by atoms with Gasteiger partial charge in [-0.05, 0) is 96.8 Å². The summed E-state index contributed by atoms with van der Waals surface area (Å²) in [6, 6.07) is 87.2. The molecule has 8 N–H and O–H groups in total. The molecule has 536 valence electrons. The van der Waals surface area contributed by atoms with Crippen LogP contribution in [0.1, 0.15) is 34.6 Å². The number of fused-ring (bicyclic) bond motifs is 4. The Balaban J connectivity index is 0.000000117. The molecule has 8 heterocycles. The van der Waals surface area contributed by atoms with Crippen LogP contribution in [-0.2, 0) is 0 Å². The van der Waals surface area contributed by atoms with Gasteiger partial charge in [-0.1, -0.05) is 206 Å². The van der Waals surface area contributed by atoms with Crippen LogP contribution in [0.5, 0.6) is 11.5 Å². The van der Waals surface area contributed by atoms with Crippen LogP contribution in [0.15, 0.2) is 292 Å². The maximum atomic E-state index is 11.8. The van der Waals surface area contributed by atoms with Crippen molar-refractivity contribution in [1.29, 1.82) is 0 Å². The van der Waals surface area contributed by atoms with Gasteiger partial charge in [0.25, 0.3) is 0 Å². The lowest BCUT2D eigenvalue weighted by Gasteiger charge is -2.11. The number of para-hydroxylation sites is 4. The zero-order chi connectivity index (χ0) is 75.1. The number of Topliss-reactive ketones (excluding diaryl/α,β-unsaturated/α-hetero) is 2. The average molecular weight is 1450 g/mol. The van der Waals surface area contributed by atoms with Crippen molar-refractivity contribution < 1.29 is 19.1 Å². The molecule has 0 radical (unpaired) electrons. The minimum atomic E-state index is 0.00397. The molecule has 0 bridgehead atoms. The van der Waals surface area contributed by atoms with Gasteiger partial charge in [0.05, 0.1) is 69.9 Å². The molecule has 0 saturated heterocycles. The first-order valence-electron chi connectivity index (χ1n) is 34.9. The van der Waals surface area contributed by atoms with E-state index in [1.54, 1.807) is 40.2 Å². The van der Waals surface area contributed by atoms with E-state index < -0.39 is 0 Å². The summed E-state index contributed by atoms with van der Waals surface area (Å²) in [6.45, 7) is 3.10. The number of benzene rings is 10. The predicted molar refractivity (Wildman–Crippen MR) is 431 cm³/mol. The summed E-state index contributed by atoms with van der Waals surface area (Å²) in [5.41, 5.74) is 18.7. The number of aromatic amines is 4. The lowest BCUT2D eigenvalue weighted by atomic mass is 10.0. The lowest BCUT2D eigenvalue weighted by molar-refractivity contribution is 0.100. The number of rotatable bonds is 18. The molecular formula is C86H68N20O4. The summed E-state index contributed by atoms with van der Waals surface area (Å²) in [4.78, 5) is 58.4. The van der Waals surface area contributed by atoms with Crippen molar-refractivity contribution in [2.24, 2.45) is 0 Å². The first-order chi connectivity index (χ1) is 54.1. The van der Waals surface area contributed by atoms with Gasteiger partial charge >= 0.3 is 0 Å². The molecular weight excluding hydrogens is 1380 g/mol. The van der Waals surface area contributed by atoms with E-state index >= 15 is 0 Å². The first kappa shape index (κ1) is 70.2. The molecule has 10 aromatic carbocycles. The van der Waals surface area contributed by atoms with Crippen molar-refractivity contribution in [3.63, 3.8) is 0 Å². The highest BCUT2D eigenvalue weighted by Gasteiger charge is 2.21. The normalized spacial score (nSPS) is 10.8. The van der Waals surface area contributed by atoms with Crippen LogP contribution in [-0.4, -0.2) is 106 Å². The molecule has 0 spiro atoms. The summed E-state index contributed by atoms with van der Waals surface area (Å²) >= 11 is 0. The number of hydrogen-bond acceptors (Lipinski definition) is 20. The predicted octanol–water partition coefficient (Wildman–Crippen LogP) is 18.8. The Morgan fingerprint density at radius 1 is 0.282 bits per heavy atom. The van der Waals surface area contributed by atoms with Gasteiger partial charge in [-0.3, -0.25) is 30.0 Å². The van der Waals surface area contributed by atoms with E-state index in [1.807, 2.05) is 206 Å². The number of nitrogens with zero attached hydrogens (tertiary/aromatic N) is 12. The van der Waals surface area contributed by atoms with Crippen LogP contribution in [0.25, 0.3) is 111 Å². The molecule has 0 amide bonds. The van der Waals surface area contributed by atoms with Crippen LogP contribution in [0.4, 0.5) is 46.0 Å². The van der Waals surface area contributed by atoms with Gasteiger partial charge in [-0.25, -0.2) is 39.9 Å². The molecule has 0 aliphatic heterocycles. The van der Waals surface area contributed by atoms with Crippen LogP contribution in [0.3, 0.4) is 0 Å². The molecule has 24 heteroatoms. The molecule has 0 atom stereocenters. The molecule has 8 aromatic heterocycles. The number of nitrogens with one attached hydrogen (secondary N) is 8. The van der Waals surface area contributed by atoms with Gasteiger partial charge < -0.3 is 30.7 Å².